The molecule has 0 aromatic heterocycles. The quantitative estimate of drug-likeness (QED) is 0.817. The van der Waals surface area contributed by atoms with Crippen LogP contribution in [-0.2, 0) is 4.79 Å². The number of carbonyl (C=O) groups excluding carboxylic acids is 2. The van der Waals surface area contributed by atoms with Crippen LogP contribution in [0.5, 0.6) is 5.75 Å². The summed E-state index contributed by atoms with van der Waals surface area (Å²) in [5.74, 6) is 0.00342. The van der Waals surface area contributed by atoms with Gasteiger partial charge < -0.3 is 15.4 Å². The van der Waals surface area contributed by atoms with Gasteiger partial charge in [-0.2, -0.15) is 0 Å². The van der Waals surface area contributed by atoms with Gasteiger partial charge in [0.15, 0.2) is 6.61 Å². The lowest BCUT2D eigenvalue weighted by Crippen LogP contribution is -2.28. The highest BCUT2D eigenvalue weighted by atomic mass is 35.5. The standard InChI is InChI=1S/C17H16Cl2N2O3/c1-2-20-16(22)10-24-13-6-4-12(5-7-13)21-17(23)14-8-3-11(18)9-15(14)19/h3-9H,2,10H2,1H3,(H,20,22)(H,21,23). The number of ether oxygens (including phenoxy) is 1. The van der Waals surface area contributed by atoms with Crippen molar-refractivity contribution in [3.8, 4) is 5.75 Å². The lowest BCUT2D eigenvalue weighted by atomic mass is 10.2. The number of carbonyl (C=O) groups is 2. The van der Waals surface area contributed by atoms with Crippen molar-refractivity contribution in [3.05, 3.63) is 58.1 Å². The third-order valence-corrected chi connectivity index (χ3v) is 3.58. The van der Waals surface area contributed by atoms with Crippen LogP contribution in [0.3, 0.4) is 0 Å². The first-order chi connectivity index (χ1) is 11.5. The van der Waals surface area contributed by atoms with Crippen LogP contribution in [0.1, 0.15) is 17.3 Å². The zero-order valence-electron chi connectivity index (χ0n) is 12.9. The Morgan fingerprint density at radius 1 is 1.08 bits per heavy atom. The first-order valence-electron chi connectivity index (χ1n) is 7.25. The van der Waals surface area contributed by atoms with E-state index in [1.807, 2.05) is 6.92 Å². The van der Waals surface area contributed by atoms with Gasteiger partial charge in [0.1, 0.15) is 5.75 Å². The number of halogens is 2. The molecule has 0 aliphatic rings. The predicted molar refractivity (Wildman–Crippen MR) is 95.0 cm³/mol. The van der Waals surface area contributed by atoms with Gasteiger partial charge in [-0.05, 0) is 49.4 Å². The molecule has 126 valence electrons. The summed E-state index contributed by atoms with van der Waals surface area (Å²) in [6, 6.07) is 11.3. The van der Waals surface area contributed by atoms with Crippen molar-refractivity contribution in [1.82, 2.24) is 5.32 Å². The van der Waals surface area contributed by atoms with Gasteiger partial charge in [-0.25, -0.2) is 0 Å². The second kappa shape index (κ2) is 8.57. The van der Waals surface area contributed by atoms with E-state index in [0.29, 0.717) is 28.6 Å². The Labute approximate surface area is 149 Å². The number of likely N-dealkylation sites (N-methyl/N-ethyl adjacent to an activating group) is 1. The van der Waals surface area contributed by atoms with Crippen LogP contribution in [0.2, 0.25) is 10.0 Å². The highest BCUT2D eigenvalue weighted by Crippen LogP contribution is 2.22. The van der Waals surface area contributed by atoms with Crippen molar-refractivity contribution in [2.45, 2.75) is 6.92 Å². The van der Waals surface area contributed by atoms with Gasteiger partial charge in [-0.3, -0.25) is 9.59 Å². The molecule has 0 saturated heterocycles. The molecular formula is C17H16Cl2N2O3. The molecule has 0 spiro atoms. The Morgan fingerprint density at radius 2 is 1.79 bits per heavy atom. The topological polar surface area (TPSA) is 67.4 Å². The summed E-state index contributed by atoms with van der Waals surface area (Å²) in [5.41, 5.74) is 0.911. The van der Waals surface area contributed by atoms with Crippen LogP contribution in [0.15, 0.2) is 42.5 Å². The van der Waals surface area contributed by atoms with E-state index in [1.165, 1.54) is 6.07 Å². The lowest BCUT2D eigenvalue weighted by molar-refractivity contribution is -0.122. The Hall–Kier alpha value is -2.24. The van der Waals surface area contributed by atoms with E-state index in [-0.39, 0.29) is 23.4 Å². The summed E-state index contributed by atoms with van der Waals surface area (Å²) in [6.45, 7) is 2.34. The molecule has 0 unspecified atom stereocenters. The molecule has 0 radical (unpaired) electrons. The zero-order valence-corrected chi connectivity index (χ0v) is 14.4. The number of amides is 2. The molecular weight excluding hydrogens is 351 g/mol. The average Bonchev–Trinajstić information content (AvgIpc) is 2.54. The number of hydrogen-bond acceptors (Lipinski definition) is 3. The minimum absolute atomic E-state index is 0.0556. The molecule has 2 aromatic rings. The monoisotopic (exact) mass is 366 g/mol. The molecule has 0 saturated carbocycles. The van der Waals surface area contributed by atoms with Gasteiger partial charge in [0, 0.05) is 17.3 Å². The number of benzene rings is 2. The van der Waals surface area contributed by atoms with E-state index in [4.69, 9.17) is 27.9 Å². The number of anilines is 1. The fourth-order valence-corrected chi connectivity index (χ4v) is 2.40. The normalized spacial score (nSPS) is 10.1. The summed E-state index contributed by atoms with van der Waals surface area (Å²) >= 11 is 11.8. The Bertz CT molecular complexity index is 733. The van der Waals surface area contributed by atoms with Crippen LogP contribution in [0.4, 0.5) is 5.69 Å². The van der Waals surface area contributed by atoms with Crippen LogP contribution >= 0.6 is 23.2 Å². The van der Waals surface area contributed by atoms with Crippen LogP contribution in [0.25, 0.3) is 0 Å². The smallest absolute Gasteiger partial charge is 0.257 e. The Balaban J connectivity index is 1.96. The van der Waals surface area contributed by atoms with E-state index < -0.39 is 0 Å². The summed E-state index contributed by atoms with van der Waals surface area (Å²) in [5, 5.41) is 6.11. The molecule has 2 amide bonds. The molecule has 0 fully saturated rings. The molecule has 2 N–H and O–H groups in total. The SMILES string of the molecule is CCNC(=O)COc1ccc(NC(=O)c2ccc(Cl)cc2Cl)cc1. The predicted octanol–water partition coefficient (Wildman–Crippen LogP) is 3.76. The number of nitrogens with one attached hydrogen (secondary N) is 2. The Kier molecular flexibility index (Phi) is 6.46. The number of rotatable bonds is 6. The molecule has 0 aliphatic carbocycles. The van der Waals surface area contributed by atoms with Crippen LogP contribution in [-0.4, -0.2) is 25.0 Å². The average molecular weight is 367 g/mol. The maximum absolute atomic E-state index is 12.2. The fraction of sp³-hybridized carbons (Fsp3) is 0.176. The van der Waals surface area contributed by atoms with Gasteiger partial charge in [-0.15, -0.1) is 0 Å². The van der Waals surface area contributed by atoms with Crippen molar-refractivity contribution in [2.24, 2.45) is 0 Å². The first kappa shape index (κ1) is 18.1. The van der Waals surface area contributed by atoms with Crippen LogP contribution < -0.4 is 15.4 Å². The second-order valence-corrected chi connectivity index (χ2v) is 5.69. The largest absolute Gasteiger partial charge is 0.484 e. The molecule has 24 heavy (non-hydrogen) atoms. The molecule has 2 aromatic carbocycles. The molecule has 0 heterocycles. The molecule has 0 bridgehead atoms. The van der Waals surface area contributed by atoms with E-state index in [1.54, 1.807) is 36.4 Å². The van der Waals surface area contributed by atoms with Crippen molar-refractivity contribution in [2.75, 3.05) is 18.5 Å². The van der Waals surface area contributed by atoms with E-state index >= 15 is 0 Å². The third-order valence-electron chi connectivity index (χ3n) is 3.03. The van der Waals surface area contributed by atoms with Gasteiger partial charge in [0.2, 0.25) is 0 Å². The van der Waals surface area contributed by atoms with Crippen molar-refractivity contribution >= 4 is 40.7 Å². The molecule has 2 rings (SSSR count). The minimum Gasteiger partial charge on any atom is -0.484 e. The van der Waals surface area contributed by atoms with Gasteiger partial charge in [0.25, 0.3) is 11.8 Å². The van der Waals surface area contributed by atoms with E-state index in [2.05, 4.69) is 10.6 Å². The number of hydrogen-bond donors (Lipinski definition) is 2. The molecule has 5 nitrogen and oxygen atoms in total. The van der Waals surface area contributed by atoms with Crippen molar-refractivity contribution in [3.63, 3.8) is 0 Å². The van der Waals surface area contributed by atoms with Gasteiger partial charge in [-0.1, -0.05) is 23.2 Å². The summed E-state index contributed by atoms with van der Waals surface area (Å²) in [6.07, 6.45) is 0. The van der Waals surface area contributed by atoms with Crippen molar-refractivity contribution in [1.29, 1.82) is 0 Å². The van der Waals surface area contributed by atoms with Crippen LogP contribution in [0, 0.1) is 0 Å². The summed E-state index contributed by atoms with van der Waals surface area (Å²) < 4.78 is 5.34. The highest BCUT2D eigenvalue weighted by molar-refractivity contribution is 6.37. The Morgan fingerprint density at radius 3 is 2.42 bits per heavy atom. The summed E-state index contributed by atoms with van der Waals surface area (Å²) in [7, 11) is 0. The molecule has 7 heteroatoms. The maximum Gasteiger partial charge on any atom is 0.257 e. The van der Waals surface area contributed by atoms with Gasteiger partial charge >= 0.3 is 0 Å². The zero-order chi connectivity index (χ0) is 17.5. The molecule has 0 aliphatic heterocycles. The first-order valence-corrected chi connectivity index (χ1v) is 8.01. The molecule has 0 atom stereocenters. The van der Waals surface area contributed by atoms with Gasteiger partial charge in [0.05, 0.1) is 10.6 Å². The van der Waals surface area contributed by atoms with Crippen molar-refractivity contribution < 1.29 is 14.3 Å². The lowest BCUT2D eigenvalue weighted by Gasteiger charge is -2.09. The highest BCUT2D eigenvalue weighted by Gasteiger charge is 2.11. The maximum atomic E-state index is 12.2. The second-order valence-electron chi connectivity index (χ2n) is 4.84. The fourth-order valence-electron chi connectivity index (χ4n) is 1.90. The van der Waals surface area contributed by atoms with E-state index in [9.17, 15) is 9.59 Å². The minimum atomic E-state index is -0.340. The summed E-state index contributed by atoms with van der Waals surface area (Å²) in [4.78, 5) is 23.5. The van der Waals surface area contributed by atoms with E-state index in [0.717, 1.165) is 0 Å². The third kappa shape index (κ3) is 5.15.